The molecule has 0 aromatic heterocycles. The quantitative estimate of drug-likeness (QED) is 0.0675. The van der Waals surface area contributed by atoms with Gasteiger partial charge < -0.3 is 114 Å². The number of aliphatic carboxylic acids is 2. The minimum atomic E-state index is -2.13. The van der Waals surface area contributed by atoms with Gasteiger partial charge in [-0.05, 0) is 111 Å². The summed E-state index contributed by atoms with van der Waals surface area (Å²) in [4.78, 5) is 27.4. The molecule has 30 atom stereocenters. The fourth-order valence-corrected chi connectivity index (χ4v) is 16.6. The Labute approximate surface area is 457 Å². The molecule has 15 N–H and O–H groups in total. The standard InChI is InChI=1S/C54H86O25/c1-21-30(59)34(63)37(66)43(72-21)76-39-33(62)27(20-57)75-46(41(39)78-44-38(67)35(64)31(60)25(18-55)73-44)77-40-36(65)32(61)26(19-56)74-45(40)79-42-24(58)17-50(4)28-9-8-22-23-16-49(2,3)12-14-54(23,48(70)71)15-13-51(22,5)52(28,6)11-10-29(50)53(42,7)47(68)69/h8,21,23-46,55-67H,9-20H2,1-7H3,(H,68,69)(H,70,71)/t21-,23-,24?,25+,26+,27+,28+,29+,30-,31+,32+,33+,34+,35-,36-,37+,38+,39-,40+,41+,42?,43-,44-,45-,46-,50+,51+,52+,53-,54-/m0/s1. The Hall–Kier alpha value is -2.16. The predicted molar refractivity (Wildman–Crippen MR) is 265 cm³/mol. The zero-order valence-corrected chi connectivity index (χ0v) is 45.8. The summed E-state index contributed by atoms with van der Waals surface area (Å²) in [7, 11) is 0. The second kappa shape index (κ2) is 22.0. The summed E-state index contributed by atoms with van der Waals surface area (Å²) in [6.45, 7) is 10.8. The lowest BCUT2D eigenvalue weighted by Gasteiger charge is -2.71. The zero-order valence-electron chi connectivity index (χ0n) is 45.8. The minimum absolute atomic E-state index is 0.0162. The zero-order chi connectivity index (χ0) is 58.0. The van der Waals surface area contributed by atoms with Crippen LogP contribution in [0.4, 0.5) is 0 Å². The van der Waals surface area contributed by atoms with E-state index in [2.05, 4.69) is 33.8 Å². The number of hydrogen-bond donors (Lipinski definition) is 15. The largest absolute Gasteiger partial charge is 0.481 e. The Morgan fingerprint density at radius 1 is 0.544 bits per heavy atom. The third kappa shape index (κ3) is 9.76. The van der Waals surface area contributed by atoms with Crippen LogP contribution in [0.3, 0.4) is 0 Å². The molecule has 9 aliphatic rings. The fraction of sp³-hybridized carbons (Fsp3) is 0.926. The van der Waals surface area contributed by atoms with Crippen LogP contribution in [-0.4, -0.2) is 243 Å². The molecular weight excluding hydrogens is 1050 g/mol. The molecule has 8 fully saturated rings. The van der Waals surface area contributed by atoms with Crippen LogP contribution in [-0.2, 0) is 47.5 Å². The van der Waals surface area contributed by atoms with Gasteiger partial charge in [-0.1, -0.05) is 46.3 Å². The van der Waals surface area contributed by atoms with Crippen molar-refractivity contribution in [3.8, 4) is 0 Å². The van der Waals surface area contributed by atoms with E-state index in [1.807, 2.05) is 6.92 Å². The third-order valence-corrected chi connectivity index (χ3v) is 21.5. The molecule has 0 radical (unpaired) electrons. The summed E-state index contributed by atoms with van der Waals surface area (Å²) >= 11 is 0. The van der Waals surface area contributed by atoms with E-state index in [9.17, 15) is 86.2 Å². The molecule has 25 heteroatoms. The Morgan fingerprint density at radius 2 is 1.06 bits per heavy atom. The monoisotopic (exact) mass is 1130 g/mol. The van der Waals surface area contributed by atoms with Crippen LogP contribution in [0.25, 0.3) is 0 Å². The van der Waals surface area contributed by atoms with Crippen molar-refractivity contribution in [1.29, 1.82) is 0 Å². The number of hydrogen-bond acceptors (Lipinski definition) is 23. The van der Waals surface area contributed by atoms with Gasteiger partial charge >= 0.3 is 11.9 Å². The minimum Gasteiger partial charge on any atom is -0.481 e. The van der Waals surface area contributed by atoms with E-state index in [1.54, 1.807) is 0 Å². The van der Waals surface area contributed by atoms with Gasteiger partial charge in [0.1, 0.15) is 97.7 Å². The van der Waals surface area contributed by atoms with E-state index in [4.69, 9.17) is 37.9 Å². The molecule has 452 valence electrons. The normalized spacial score (nSPS) is 54.5. The molecule has 4 saturated carbocycles. The predicted octanol–water partition coefficient (Wildman–Crippen LogP) is -2.41. The molecule has 0 amide bonds. The van der Waals surface area contributed by atoms with Crippen molar-refractivity contribution in [3.63, 3.8) is 0 Å². The van der Waals surface area contributed by atoms with Gasteiger partial charge in [0.25, 0.3) is 0 Å². The Morgan fingerprint density at radius 3 is 1.66 bits per heavy atom. The fourth-order valence-electron chi connectivity index (χ4n) is 16.6. The smallest absolute Gasteiger partial charge is 0.312 e. The van der Waals surface area contributed by atoms with Crippen LogP contribution in [0.5, 0.6) is 0 Å². The summed E-state index contributed by atoms with van der Waals surface area (Å²) in [6.07, 6.45) is -34.1. The highest BCUT2D eigenvalue weighted by Crippen LogP contribution is 2.76. The maximum atomic E-state index is 14.2. The molecule has 9 rings (SSSR count). The molecule has 4 saturated heterocycles. The number of allylic oxidation sites excluding steroid dienone is 2. The molecule has 2 unspecified atom stereocenters. The van der Waals surface area contributed by atoms with E-state index in [-0.39, 0.29) is 23.7 Å². The first-order chi connectivity index (χ1) is 36.9. The van der Waals surface area contributed by atoms with Gasteiger partial charge in [-0.15, -0.1) is 0 Å². The highest BCUT2D eigenvalue weighted by atomic mass is 16.8. The molecule has 25 nitrogen and oxygen atoms in total. The molecule has 79 heavy (non-hydrogen) atoms. The van der Waals surface area contributed by atoms with Crippen molar-refractivity contribution in [1.82, 2.24) is 0 Å². The molecule has 4 heterocycles. The van der Waals surface area contributed by atoms with Gasteiger partial charge in [0.15, 0.2) is 25.2 Å². The number of carbonyl (C=O) groups is 2. The highest BCUT2D eigenvalue weighted by molar-refractivity contribution is 5.77. The molecule has 5 aliphatic carbocycles. The highest BCUT2D eigenvalue weighted by Gasteiger charge is 2.73. The van der Waals surface area contributed by atoms with Crippen LogP contribution in [0.15, 0.2) is 11.6 Å². The van der Waals surface area contributed by atoms with Crippen LogP contribution >= 0.6 is 0 Å². The summed E-state index contributed by atoms with van der Waals surface area (Å²) in [5.41, 5.74) is -3.53. The molecule has 0 bridgehead atoms. The summed E-state index contributed by atoms with van der Waals surface area (Å²) in [5.74, 6) is -3.18. The number of ether oxygens (including phenoxy) is 8. The van der Waals surface area contributed by atoms with E-state index >= 15 is 0 Å². The molecule has 0 aromatic rings. The summed E-state index contributed by atoms with van der Waals surface area (Å²) in [6, 6.07) is 0. The average molecular weight is 1140 g/mol. The lowest BCUT2D eigenvalue weighted by molar-refractivity contribution is -0.413. The van der Waals surface area contributed by atoms with Crippen LogP contribution in [0.2, 0.25) is 0 Å². The van der Waals surface area contributed by atoms with Gasteiger partial charge in [-0.25, -0.2) is 0 Å². The first-order valence-electron chi connectivity index (χ1n) is 28.0. The van der Waals surface area contributed by atoms with Crippen molar-refractivity contribution >= 4 is 11.9 Å². The lowest BCUT2D eigenvalue weighted by Crippen LogP contribution is -2.71. The van der Waals surface area contributed by atoms with Crippen molar-refractivity contribution < 1.29 is 124 Å². The second-order valence-electron chi connectivity index (χ2n) is 26.2. The Kier molecular flexibility index (Phi) is 17.1. The number of carboxylic acid groups (broad SMARTS) is 2. The number of carboxylic acids is 2. The molecule has 0 spiro atoms. The van der Waals surface area contributed by atoms with Crippen molar-refractivity contribution in [2.45, 2.75) is 241 Å². The molecule has 0 aromatic carbocycles. The topological polar surface area (TPSA) is 411 Å². The number of aliphatic hydroxyl groups is 13. The van der Waals surface area contributed by atoms with E-state index in [0.717, 1.165) is 18.4 Å². The molecular formula is C54H86O25. The van der Waals surface area contributed by atoms with Gasteiger partial charge in [-0.3, -0.25) is 9.59 Å². The first kappa shape index (κ1) is 61.4. The van der Waals surface area contributed by atoms with Gasteiger partial charge in [0.05, 0.1) is 42.9 Å². The van der Waals surface area contributed by atoms with Crippen LogP contribution in [0.1, 0.15) is 106 Å². The van der Waals surface area contributed by atoms with Gasteiger partial charge in [-0.2, -0.15) is 0 Å². The number of fused-ring (bicyclic) bond motifs is 7. The van der Waals surface area contributed by atoms with Crippen LogP contribution in [0, 0.1) is 50.2 Å². The Balaban J connectivity index is 1.05. The second-order valence-corrected chi connectivity index (χ2v) is 26.2. The van der Waals surface area contributed by atoms with Crippen molar-refractivity contribution in [3.05, 3.63) is 11.6 Å². The average Bonchev–Trinajstić information content (AvgIpc) is 2.66. The van der Waals surface area contributed by atoms with Gasteiger partial charge in [0, 0.05) is 0 Å². The van der Waals surface area contributed by atoms with E-state index in [0.29, 0.717) is 38.5 Å². The van der Waals surface area contributed by atoms with Crippen molar-refractivity contribution in [2.75, 3.05) is 19.8 Å². The lowest BCUT2D eigenvalue weighted by atomic mass is 9.33. The van der Waals surface area contributed by atoms with E-state index < -0.39 is 200 Å². The van der Waals surface area contributed by atoms with Crippen LogP contribution < -0.4 is 0 Å². The van der Waals surface area contributed by atoms with E-state index in [1.165, 1.54) is 13.8 Å². The summed E-state index contributed by atoms with van der Waals surface area (Å²) in [5, 5.41) is 166. The first-order valence-corrected chi connectivity index (χ1v) is 28.0. The van der Waals surface area contributed by atoms with Crippen molar-refractivity contribution in [2.24, 2.45) is 50.2 Å². The SMILES string of the molecule is C[C@@H]1O[C@@H](O[C@H]2[C@H](O)[C@@H](CO)O[C@@H](O[C@H]3[C@H](OC4C(O)C[C@@]5(C)[C@@H](CC[C@]6(C)[C@@H]5CC=C5[C@@H]7CC(C)(C)CC[C@]7(C(=O)O)CC[C@]56C)[C@]4(C)C(=O)O)O[C@H](CO)[C@@H](O)[C@@H]3O)[C@@H]2O[C@@H]2O[C@H](CO)[C@@H](O)[C@H](O)[C@H]2O)[C@H](O)[C@H](O)[C@H]1O. The molecule has 4 aliphatic heterocycles. The number of aliphatic hydroxyl groups excluding tert-OH is 13. The number of rotatable bonds is 13. The van der Waals surface area contributed by atoms with Gasteiger partial charge in [0.2, 0.25) is 0 Å². The third-order valence-electron chi connectivity index (χ3n) is 21.5. The maximum absolute atomic E-state index is 14.2. The Bertz CT molecular complexity index is 2240. The summed E-state index contributed by atoms with van der Waals surface area (Å²) < 4.78 is 48.6. The maximum Gasteiger partial charge on any atom is 0.312 e.